The van der Waals surface area contributed by atoms with Gasteiger partial charge in [0.15, 0.2) is 10.8 Å². The van der Waals surface area contributed by atoms with Crippen LogP contribution in [-0.4, -0.2) is 46.7 Å². The van der Waals surface area contributed by atoms with Gasteiger partial charge < -0.3 is 15.3 Å². The molecule has 2 saturated heterocycles. The Kier molecular flexibility index (Phi) is 5.39. The molecule has 1 unspecified atom stereocenters. The Balaban J connectivity index is 1.56. The van der Waals surface area contributed by atoms with E-state index in [1.165, 1.54) is 37.0 Å². The monoisotopic (exact) mass is 422 g/mol. The summed E-state index contributed by atoms with van der Waals surface area (Å²) < 4.78 is 0.673. The number of carboxylic acid groups (broad SMARTS) is 1. The molecule has 0 spiro atoms. The molecule has 2 N–H and O–H groups in total. The minimum absolute atomic E-state index is 0.290. The number of aromatic carboxylic acids is 1. The fraction of sp³-hybridized carbons (Fsp3) is 0.435. The lowest BCUT2D eigenvalue weighted by molar-refractivity contribution is 0.0699. The maximum absolute atomic E-state index is 12.0. The van der Waals surface area contributed by atoms with Crippen molar-refractivity contribution in [1.82, 2.24) is 15.3 Å². The van der Waals surface area contributed by atoms with Crippen LogP contribution in [0.4, 0.5) is 5.13 Å². The minimum Gasteiger partial charge on any atom is -0.478 e. The lowest BCUT2D eigenvalue weighted by Crippen LogP contribution is -2.47. The molecule has 0 aliphatic carbocycles. The summed E-state index contributed by atoms with van der Waals surface area (Å²) in [5, 5.41) is 14.2. The van der Waals surface area contributed by atoms with Gasteiger partial charge in [-0.2, -0.15) is 4.98 Å². The largest absolute Gasteiger partial charge is 0.478 e. The molecule has 2 aliphatic rings. The number of rotatable bonds is 4. The van der Waals surface area contributed by atoms with Crippen molar-refractivity contribution in [2.75, 3.05) is 24.5 Å². The van der Waals surface area contributed by atoms with E-state index < -0.39 is 5.97 Å². The summed E-state index contributed by atoms with van der Waals surface area (Å²) >= 11 is 1.49. The van der Waals surface area contributed by atoms with Gasteiger partial charge in [-0.05, 0) is 57.2 Å². The molecule has 0 amide bonds. The average Bonchev–Trinajstić information content (AvgIpc) is 3.23. The van der Waals surface area contributed by atoms with Crippen LogP contribution in [0.1, 0.15) is 42.5 Å². The van der Waals surface area contributed by atoms with Crippen LogP contribution in [0.2, 0.25) is 0 Å². The predicted octanol–water partition coefficient (Wildman–Crippen LogP) is 4.42. The van der Waals surface area contributed by atoms with E-state index in [9.17, 15) is 9.90 Å². The van der Waals surface area contributed by atoms with Gasteiger partial charge in [0.25, 0.3) is 0 Å². The Morgan fingerprint density at radius 3 is 2.67 bits per heavy atom. The van der Waals surface area contributed by atoms with Gasteiger partial charge >= 0.3 is 5.97 Å². The quantitative estimate of drug-likeness (QED) is 0.648. The maximum atomic E-state index is 12.0. The number of pyridine rings is 1. The number of nitrogens with zero attached hydrogens (tertiary/aromatic N) is 3. The van der Waals surface area contributed by atoms with Crippen molar-refractivity contribution in [3.63, 3.8) is 0 Å². The molecule has 6 nitrogen and oxygen atoms in total. The first kappa shape index (κ1) is 19.5. The number of hydrogen-bond acceptors (Lipinski definition) is 6. The van der Waals surface area contributed by atoms with Crippen molar-refractivity contribution in [2.24, 2.45) is 5.92 Å². The number of anilines is 1. The zero-order chi connectivity index (χ0) is 20.5. The highest BCUT2D eigenvalue weighted by atomic mass is 32.1. The fourth-order valence-corrected chi connectivity index (χ4v) is 5.95. The van der Waals surface area contributed by atoms with Crippen molar-refractivity contribution in [2.45, 2.75) is 38.1 Å². The number of aromatic nitrogens is 2. The van der Waals surface area contributed by atoms with Gasteiger partial charge in [0.05, 0.1) is 16.0 Å². The first-order valence-electron chi connectivity index (χ1n) is 10.8. The molecular weight excluding hydrogens is 396 g/mol. The summed E-state index contributed by atoms with van der Waals surface area (Å²) in [6.45, 7) is 3.16. The second-order valence-corrected chi connectivity index (χ2v) is 9.20. The smallest absolute Gasteiger partial charge is 0.337 e. The number of hydrogen-bond donors (Lipinski definition) is 2. The molecule has 156 valence electrons. The molecular formula is C23H26N4O2S. The summed E-state index contributed by atoms with van der Waals surface area (Å²) in [6.07, 6.45) is 6.00. The third-order valence-corrected chi connectivity index (χ3v) is 7.49. The van der Waals surface area contributed by atoms with Gasteiger partial charge in [0.1, 0.15) is 0 Å². The highest BCUT2D eigenvalue weighted by molar-refractivity contribution is 7.22. The third kappa shape index (κ3) is 3.68. The molecule has 5 rings (SSSR count). The normalized spacial score (nSPS) is 20.5. The first-order chi connectivity index (χ1) is 14.7. The van der Waals surface area contributed by atoms with Gasteiger partial charge in [-0.15, -0.1) is 0 Å². The van der Waals surface area contributed by atoms with Gasteiger partial charge in [0, 0.05) is 18.2 Å². The van der Waals surface area contributed by atoms with E-state index in [4.69, 9.17) is 9.97 Å². The lowest BCUT2D eigenvalue weighted by Gasteiger charge is -2.42. The second-order valence-electron chi connectivity index (χ2n) is 8.22. The Labute approximate surface area is 180 Å². The molecule has 2 aromatic heterocycles. The first-order valence-corrected chi connectivity index (χ1v) is 11.6. The fourth-order valence-electron chi connectivity index (χ4n) is 4.85. The topological polar surface area (TPSA) is 78.3 Å². The maximum Gasteiger partial charge on any atom is 0.337 e. The molecule has 4 heterocycles. The number of fused-ring (bicyclic) bond motifs is 1. The van der Waals surface area contributed by atoms with Crippen molar-refractivity contribution < 1.29 is 9.90 Å². The van der Waals surface area contributed by atoms with Gasteiger partial charge in [-0.25, -0.2) is 9.78 Å². The third-order valence-electron chi connectivity index (χ3n) is 6.37. The molecule has 1 aromatic carbocycles. The number of nitrogens with one attached hydrogen (secondary N) is 1. The number of carboxylic acids is 1. The molecule has 30 heavy (non-hydrogen) atoms. The van der Waals surface area contributed by atoms with E-state index in [-0.39, 0.29) is 5.56 Å². The molecule has 0 bridgehead atoms. The second kappa shape index (κ2) is 8.32. The summed E-state index contributed by atoms with van der Waals surface area (Å²) in [5.41, 5.74) is 2.40. The van der Waals surface area contributed by atoms with Crippen LogP contribution in [0.5, 0.6) is 0 Å². The molecule has 0 radical (unpaired) electrons. The van der Waals surface area contributed by atoms with E-state index in [0.29, 0.717) is 28.0 Å². The zero-order valence-corrected chi connectivity index (χ0v) is 17.7. The number of thiazole rings is 1. The molecule has 3 aromatic rings. The molecule has 2 aliphatic heterocycles. The number of benzene rings is 1. The van der Waals surface area contributed by atoms with E-state index >= 15 is 0 Å². The summed E-state index contributed by atoms with van der Waals surface area (Å²) in [7, 11) is 0. The molecule has 2 fully saturated rings. The Morgan fingerprint density at radius 2 is 1.90 bits per heavy atom. The van der Waals surface area contributed by atoms with Crippen LogP contribution in [0.15, 0.2) is 36.4 Å². The molecule has 0 saturated carbocycles. The van der Waals surface area contributed by atoms with Crippen molar-refractivity contribution >= 4 is 32.8 Å². The number of carbonyl (C=O) groups is 1. The Bertz CT molecular complexity index is 1050. The summed E-state index contributed by atoms with van der Waals surface area (Å²) in [6, 6.07) is 11.9. The summed E-state index contributed by atoms with van der Waals surface area (Å²) in [4.78, 5) is 24.1. The summed E-state index contributed by atoms with van der Waals surface area (Å²) in [5.74, 6) is -0.256. The van der Waals surface area contributed by atoms with E-state index in [1.807, 2.05) is 30.3 Å². The van der Waals surface area contributed by atoms with Crippen molar-refractivity contribution in [1.29, 1.82) is 0 Å². The van der Waals surface area contributed by atoms with E-state index in [0.717, 1.165) is 36.8 Å². The molecule has 7 heteroatoms. The Morgan fingerprint density at radius 1 is 1.10 bits per heavy atom. The minimum atomic E-state index is -0.927. The van der Waals surface area contributed by atoms with Crippen LogP contribution >= 0.6 is 11.3 Å². The van der Waals surface area contributed by atoms with Gasteiger partial charge in [0.2, 0.25) is 0 Å². The van der Waals surface area contributed by atoms with E-state index in [1.54, 1.807) is 6.07 Å². The average molecular weight is 423 g/mol. The SMILES string of the molecule is O=C(O)c1cc(-c2ccccc2)nc2nc(N3CCCCC3C3CCNCC3)sc12. The van der Waals surface area contributed by atoms with Crippen LogP contribution in [0.25, 0.3) is 21.6 Å². The predicted molar refractivity (Wildman–Crippen MR) is 120 cm³/mol. The highest BCUT2D eigenvalue weighted by Crippen LogP contribution is 2.38. The van der Waals surface area contributed by atoms with Crippen LogP contribution in [0, 0.1) is 5.92 Å². The van der Waals surface area contributed by atoms with Crippen molar-refractivity contribution in [3.8, 4) is 11.3 Å². The highest BCUT2D eigenvalue weighted by Gasteiger charge is 2.33. The standard InChI is InChI=1S/C23H26N4O2S/c28-22(29)17-14-18(15-6-2-1-3-7-15)25-21-20(17)30-23(26-21)27-13-5-4-8-19(27)16-9-11-24-12-10-16/h1-3,6-7,14,16,19,24H,4-5,8-13H2,(H,28,29). The van der Waals surface area contributed by atoms with Crippen LogP contribution in [0.3, 0.4) is 0 Å². The van der Waals surface area contributed by atoms with E-state index in [2.05, 4.69) is 10.2 Å². The zero-order valence-electron chi connectivity index (χ0n) is 16.9. The van der Waals surface area contributed by atoms with Gasteiger partial charge in [-0.1, -0.05) is 41.7 Å². The van der Waals surface area contributed by atoms with Crippen LogP contribution < -0.4 is 10.2 Å². The van der Waals surface area contributed by atoms with Crippen LogP contribution in [-0.2, 0) is 0 Å². The number of piperidine rings is 2. The lowest BCUT2D eigenvalue weighted by atomic mass is 9.84. The molecule has 1 atom stereocenters. The van der Waals surface area contributed by atoms with Crippen molar-refractivity contribution in [3.05, 3.63) is 42.0 Å². The van der Waals surface area contributed by atoms with Gasteiger partial charge in [-0.3, -0.25) is 0 Å². The Hall–Kier alpha value is -2.51.